The lowest BCUT2D eigenvalue weighted by Gasteiger charge is -2.03. The van der Waals surface area contributed by atoms with Gasteiger partial charge in [0.2, 0.25) is 0 Å². The molecule has 0 saturated carbocycles. The first-order valence-electron chi connectivity index (χ1n) is 5.36. The van der Waals surface area contributed by atoms with Crippen molar-refractivity contribution in [2.75, 3.05) is 0 Å². The van der Waals surface area contributed by atoms with Gasteiger partial charge in [0.15, 0.2) is 0 Å². The lowest BCUT2D eigenvalue weighted by molar-refractivity contribution is 0.873. The van der Waals surface area contributed by atoms with Crippen LogP contribution >= 0.6 is 11.6 Å². The number of nitrogens with zero attached hydrogens (tertiary/aromatic N) is 2. The van der Waals surface area contributed by atoms with Crippen LogP contribution in [0.3, 0.4) is 0 Å². The first-order valence-corrected chi connectivity index (χ1v) is 5.74. The van der Waals surface area contributed by atoms with Crippen LogP contribution in [0.15, 0.2) is 36.7 Å². The van der Waals surface area contributed by atoms with Gasteiger partial charge >= 0.3 is 0 Å². The fraction of sp³-hybridized carbons (Fsp3) is 0.231. The fourth-order valence-corrected chi connectivity index (χ4v) is 1.69. The van der Waals surface area contributed by atoms with E-state index in [0.717, 1.165) is 34.8 Å². The molecule has 0 aliphatic rings. The highest BCUT2D eigenvalue weighted by atomic mass is 35.5. The molecule has 0 unspecified atom stereocenters. The predicted molar refractivity (Wildman–Crippen MR) is 66.5 cm³/mol. The zero-order valence-electron chi connectivity index (χ0n) is 9.15. The third-order valence-electron chi connectivity index (χ3n) is 2.37. The summed E-state index contributed by atoms with van der Waals surface area (Å²) in [5.74, 6) is 0. The molecule has 0 saturated heterocycles. The molecule has 2 aromatic rings. The Bertz CT molecular complexity index is 466. The van der Waals surface area contributed by atoms with Crippen LogP contribution in [-0.4, -0.2) is 9.97 Å². The smallest absolute Gasteiger partial charge is 0.116 e. The maximum Gasteiger partial charge on any atom is 0.116 e. The molecule has 0 bridgehead atoms. The van der Waals surface area contributed by atoms with Gasteiger partial charge in [0.1, 0.15) is 6.33 Å². The summed E-state index contributed by atoms with van der Waals surface area (Å²) in [6, 6.07) is 9.73. The number of rotatable bonds is 3. The highest BCUT2D eigenvalue weighted by Crippen LogP contribution is 2.19. The molecule has 0 aliphatic carbocycles. The molecule has 0 fully saturated rings. The fourth-order valence-electron chi connectivity index (χ4n) is 1.57. The Morgan fingerprint density at radius 3 is 2.56 bits per heavy atom. The first kappa shape index (κ1) is 11.1. The van der Waals surface area contributed by atoms with Crippen molar-refractivity contribution in [2.45, 2.75) is 19.8 Å². The van der Waals surface area contributed by atoms with Gasteiger partial charge in [-0.2, -0.15) is 0 Å². The summed E-state index contributed by atoms with van der Waals surface area (Å²) in [4.78, 5) is 8.50. The standard InChI is InChI=1S/C13H13ClN2/c1-2-3-12-8-13(16-9-15-12)10-4-6-11(14)7-5-10/h4-9H,2-3H2,1H3. The van der Waals surface area contributed by atoms with Gasteiger partial charge in [0, 0.05) is 16.3 Å². The van der Waals surface area contributed by atoms with Crippen LogP contribution in [0.4, 0.5) is 0 Å². The van der Waals surface area contributed by atoms with Crippen LogP contribution < -0.4 is 0 Å². The quantitative estimate of drug-likeness (QED) is 0.806. The largest absolute Gasteiger partial charge is 0.241 e. The first-order chi connectivity index (χ1) is 7.79. The summed E-state index contributed by atoms with van der Waals surface area (Å²) in [5.41, 5.74) is 3.11. The van der Waals surface area contributed by atoms with Crippen LogP contribution in [0.1, 0.15) is 19.0 Å². The topological polar surface area (TPSA) is 25.8 Å². The van der Waals surface area contributed by atoms with Gasteiger partial charge in [0.25, 0.3) is 0 Å². The molecule has 16 heavy (non-hydrogen) atoms. The molecule has 0 aliphatic heterocycles. The number of hydrogen-bond donors (Lipinski definition) is 0. The Balaban J connectivity index is 2.32. The van der Waals surface area contributed by atoms with Crippen molar-refractivity contribution in [3.63, 3.8) is 0 Å². The van der Waals surface area contributed by atoms with Gasteiger partial charge in [-0.3, -0.25) is 0 Å². The summed E-state index contributed by atoms with van der Waals surface area (Å²) in [7, 11) is 0. The van der Waals surface area contributed by atoms with Crippen molar-refractivity contribution in [3.8, 4) is 11.3 Å². The van der Waals surface area contributed by atoms with Crippen molar-refractivity contribution in [1.82, 2.24) is 9.97 Å². The minimum atomic E-state index is 0.742. The van der Waals surface area contributed by atoms with E-state index in [1.807, 2.05) is 30.3 Å². The van der Waals surface area contributed by atoms with E-state index in [4.69, 9.17) is 11.6 Å². The summed E-state index contributed by atoms with van der Waals surface area (Å²) in [5, 5.41) is 0.742. The number of halogens is 1. The van der Waals surface area contributed by atoms with Gasteiger partial charge in [-0.1, -0.05) is 37.1 Å². The molecule has 2 rings (SSSR count). The van der Waals surface area contributed by atoms with Crippen molar-refractivity contribution in [2.24, 2.45) is 0 Å². The lowest BCUT2D eigenvalue weighted by atomic mass is 10.1. The van der Waals surface area contributed by atoms with Crippen molar-refractivity contribution in [1.29, 1.82) is 0 Å². The highest BCUT2D eigenvalue weighted by molar-refractivity contribution is 6.30. The molecular formula is C13H13ClN2. The maximum absolute atomic E-state index is 5.85. The molecular weight excluding hydrogens is 220 g/mol. The van der Waals surface area contributed by atoms with E-state index in [9.17, 15) is 0 Å². The second-order valence-corrected chi connectivity index (χ2v) is 4.09. The van der Waals surface area contributed by atoms with Crippen LogP contribution in [0, 0.1) is 0 Å². The molecule has 82 valence electrons. The van der Waals surface area contributed by atoms with Crippen molar-refractivity contribution in [3.05, 3.63) is 47.4 Å². The number of aryl methyl sites for hydroxylation is 1. The van der Waals surface area contributed by atoms with Crippen LogP contribution in [0.2, 0.25) is 5.02 Å². The molecule has 0 amide bonds. The molecule has 0 N–H and O–H groups in total. The van der Waals surface area contributed by atoms with Crippen LogP contribution in [0.25, 0.3) is 11.3 Å². The maximum atomic E-state index is 5.85. The van der Waals surface area contributed by atoms with Crippen LogP contribution in [0.5, 0.6) is 0 Å². The Morgan fingerprint density at radius 1 is 1.12 bits per heavy atom. The van der Waals surface area contributed by atoms with Gasteiger partial charge < -0.3 is 0 Å². The number of aromatic nitrogens is 2. The van der Waals surface area contributed by atoms with E-state index in [0.29, 0.717) is 0 Å². The second-order valence-electron chi connectivity index (χ2n) is 3.65. The van der Waals surface area contributed by atoms with E-state index in [2.05, 4.69) is 16.9 Å². The summed E-state index contributed by atoms with van der Waals surface area (Å²) in [6.07, 6.45) is 3.70. The summed E-state index contributed by atoms with van der Waals surface area (Å²) < 4.78 is 0. The Labute approximate surface area is 100 Å². The molecule has 1 aromatic heterocycles. The molecule has 2 nitrogen and oxygen atoms in total. The monoisotopic (exact) mass is 232 g/mol. The van der Waals surface area contributed by atoms with E-state index in [-0.39, 0.29) is 0 Å². The molecule has 3 heteroatoms. The summed E-state index contributed by atoms with van der Waals surface area (Å²) in [6.45, 7) is 2.14. The molecule has 0 radical (unpaired) electrons. The van der Waals surface area contributed by atoms with E-state index >= 15 is 0 Å². The van der Waals surface area contributed by atoms with E-state index in [1.165, 1.54) is 0 Å². The normalized spacial score (nSPS) is 10.4. The zero-order chi connectivity index (χ0) is 11.4. The lowest BCUT2D eigenvalue weighted by Crippen LogP contribution is -1.92. The van der Waals surface area contributed by atoms with Gasteiger partial charge in [0.05, 0.1) is 5.69 Å². The highest BCUT2D eigenvalue weighted by Gasteiger charge is 2.01. The molecule has 1 aromatic carbocycles. The molecule has 0 spiro atoms. The van der Waals surface area contributed by atoms with Crippen LogP contribution in [-0.2, 0) is 6.42 Å². The second kappa shape index (κ2) is 5.08. The average Bonchev–Trinajstić information content (AvgIpc) is 2.31. The Kier molecular flexibility index (Phi) is 3.52. The predicted octanol–water partition coefficient (Wildman–Crippen LogP) is 3.75. The Hall–Kier alpha value is -1.41. The number of benzene rings is 1. The molecule has 0 atom stereocenters. The van der Waals surface area contributed by atoms with Crippen molar-refractivity contribution >= 4 is 11.6 Å². The number of hydrogen-bond acceptors (Lipinski definition) is 2. The zero-order valence-corrected chi connectivity index (χ0v) is 9.91. The minimum absolute atomic E-state index is 0.742. The average molecular weight is 233 g/mol. The third-order valence-corrected chi connectivity index (χ3v) is 2.62. The third kappa shape index (κ3) is 2.58. The van der Waals surface area contributed by atoms with Gasteiger partial charge in [-0.05, 0) is 24.6 Å². The van der Waals surface area contributed by atoms with E-state index in [1.54, 1.807) is 6.33 Å². The minimum Gasteiger partial charge on any atom is -0.241 e. The SMILES string of the molecule is CCCc1cc(-c2ccc(Cl)cc2)ncn1. The Morgan fingerprint density at radius 2 is 1.88 bits per heavy atom. The summed E-state index contributed by atoms with van der Waals surface area (Å²) >= 11 is 5.85. The van der Waals surface area contributed by atoms with Gasteiger partial charge in [-0.25, -0.2) is 9.97 Å². The van der Waals surface area contributed by atoms with Crippen molar-refractivity contribution < 1.29 is 0 Å². The molecule has 1 heterocycles. The van der Waals surface area contributed by atoms with Gasteiger partial charge in [-0.15, -0.1) is 0 Å². The van der Waals surface area contributed by atoms with E-state index < -0.39 is 0 Å².